The lowest BCUT2D eigenvalue weighted by molar-refractivity contribution is 0.320. The molecular weight excluding hydrogens is 276 g/mol. The highest BCUT2D eigenvalue weighted by Crippen LogP contribution is 2.26. The van der Waals surface area contributed by atoms with Crippen LogP contribution in [0.25, 0.3) is 5.57 Å². The number of benzene rings is 1. The zero-order chi connectivity index (χ0) is 14.5. The van der Waals surface area contributed by atoms with Crippen molar-refractivity contribution in [3.63, 3.8) is 0 Å². The lowest BCUT2D eigenvalue weighted by Gasteiger charge is -2.09. The molecular formula is C15H11ClN2O2. The van der Waals surface area contributed by atoms with Gasteiger partial charge in [0.15, 0.2) is 0 Å². The van der Waals surface area contributed by atoms with Gasteiger partial charge >= 0.3 is 0 Å². The molecule has 100 valence electrons. The third kappa shape index (κ3) is 2.73. The minimum atomic E-state index is 0.266. The third-order valence-electron chi connectivity index (χ3n) is 2.83. The van der Waals surface area contributed by atoms with E-state index < -0.39 is 0 Å². The van der Waals surface area contributed by atoms with Crippen molar-refractivity contribution >= 4 is 22.9 Å². The summed E-state index contributed by atoms with van der Waals surface area (Å²) in [6.45, 7) is 0. The van der Waals surface area contributed by atoms with Crippen LogP contribution in [0.15, 0.2) is 58.3 Å². The van der Waals surface area contributed by atoms with Gasteiger partial charge in [-0.05, 0) is 47.6 Å². The standard InChI is InChI=1S/C15H11ClN2O2/c1-20-12-5-2-10(3-6-12)13(9-17)11-4-7-15(18-19)14(16)8-11/h2-8,19H,1H3. The van der Waals surface area contributed by atoms with Crippen LogP contribution in [0.4, 0.5) is 0 Å². The minimum absolute atomic E-state index is 0.266. The smallest absolute Gasteiger partial charge is 0.121 e. The first-order valence-corrected chi connectivity index (χ1v) is 6.14. The predicted molar refractivity (Wildman–Crippen MR) is 77.8 cm³/mol. The Balaban J connectivity index is 2.47. The predicted octanol–water partition coefficient (Wildman–Crippen LogP) is 3.50. The number of oxime groups is 1. The molecule has 4 nitrogen and oxygen atoms in total. The number of ether oxygens (including phenoxy) is 1. The Kier molecular flexibility index (Phi) is 4.24. The summed E-state index contributed by atoms with van der Waals surface area (Å²) >= 11 is 5.97. The van der Waals surface area contributed by atoms with Crippen LogP contribution < -0.4 is 4.74 Å². The van der Waals surface area contributed by atoms with Crippen LogP contribution in [0.2, 0.25) is 0 Å². The molecule has 0 amide bonds. The summed E-state index contributed by atoms with van der Waals surface area (Å²) in [5.74, 6) is 0.721. The molecule has 0 fully saturated rings. The van der Waals surface area contributed by atoms with E-state index in [1.165, 1.54) is 0 Å². The number of nitriles is 1. The highest BCUT2D eigenvalue weighted by atomic mass is 35.5. The van der Waals surface area contributed by atoms with Gasteiger partial charge in [0.05, 0.1) is 17.7 Å². The van der Waals surface area contributed by atoms with Crippen LogP contribution in [0.5, 0.6) is 5.75 Å². The van der Waals surface area contributed by atoms with Gasteiger partial charge in [-0.2, -0.15) is 5.26 Å². The summed E-state index contributed by atoms with van der Waals surface area (Å²) in [5.41, 5.74) is 2.18. The van der Waals surface area contributed by atoms with Crippen LogP contribution in [-0.2, 0) is 0 Å². The Morgan fingerprint density at radius 3 is 2.50 bits per heavy atom. The molecule has 2 rings (SSSR count). The molecule has 0 spiro atoms. The Labute approximate surface area is 121 Å². The minimum Gasteiger partial charge on any atom is -0.497 e. The van der Waals surface area contributed by atoms with E-state index in [0.29, 0.717) is 11.1 Å². The van der Waals surface area contributed by atoms with Crippen LogP contribution in [-0.4, -0.2) is 18.0 Å². The highest BCUT2D eigenvalue weighted by molar-refractivity contribution is 6.46. The largest absolute Gasteiger partial charge is 0.497 e. The molecule has 0 bridgehead atoms. The van der Waals surface area contributed by atoms with Gasteiger partial charge in [0.1, 0.15) is 17.5 Å². The van der Waals surface area contributed by atoms with E-state index in [2.05, 4.69) is 11.2 Å². The summed E-state index contributed by atoms with van der Waals surface area (Å²) < 4.78 is 5.08. The molecule has 1 aromatic rings. The lowest BCUT2D eigenvalue weighted by atomic mass is 9.97. The quantitative estimate of drug-likeness (QED) is 0.514. The fraction of sp³-hybridized carbons (Fsp3) is 0.0667. The maximum Gasteiger partial charge on any atom is 0.121 e. The summed E-state index contributed by atoms with van der Waals surface area (Å²) in [7, 11) is 1.58. The zero-order valence-corrected chi connectivity index (χ0v) is 11.4. The van der Waals surface area contributed by atoms with E-state index in [0.717, 1.165) is 11.3 Å². The number of hydrogen-bond donors (Lipinski definition) is 1. The molecule has 1 aliphatic carbocycles. The first kappa shape index (κ1) is 13.9. The second kappa shape index (κ2) is 6.09. The molecule has 0 saturated carbocycles. The van der Waals surface area contributed by atoms with Gasteiger partial charge in [-0.15, -0.1) is 0 Å². The molecule has 0 atom stereocenters. The Morgan fingerprint density at radius 2 is 2.00 bits per heavy atom. The molecule has 0 aliphatic heterocycles. The molecule has 0 radical (unpaired) electrons. The first-order chi connectivity index (χ1) is 9.69. The average molecular weight is 287 g/mol. The van der Waals surface area contributed by atoms with E-state index in [-0.39, 0.29) is 10.7 Å². The van der Waals surface area contributed by atoms with E-state index in [4.69, 9.17) is 21.5 Å². The van der Waals surface area contributed by atoms with Gasteiger partial charge in [-0.3, -0.25) is 0 Å². The Hall–Kier alpha value is -2.51. The zero-order valence-electron chi connectivity index (χ0n) is 10.7. The molecule has 20 heavy (non-hydrogen) atoms. The third-order valence-corrected chi connectivity index (χ3v) is 3.14. The number of nitrogens with zero attached hydrogens (tertiary/aromatic N) is 2. The highest BCUT2D eigenvalue weighted by Gasteiger charge is 2.12. The van der Waals surface area contributed by atoms with Crippen molar-refractivity contribution in [2.24, 2.45) is 5.16 Å². The second-order valence-electron chi connectivity index (χ2n) is 3.98. The summed E-state index contributed by atoms with van der Waals surface area (Å²) in [4.78, 5) is 0. The van der Waals surface area contributed by atoms with Crippen molar-refractivity contribution in [1.82, 2.24) is 0 Å². The number of methoxy groups -OCH3 is 1. The Morgan fingerprint density at radius 1 is 1.30 bits per heavy atom. The molecule has 0 unspecified atom stereocenters. The van der Waals surface area contributed by atoms with Gasteiger partial charge in [-0.25, -0.2) is 0 Å². The van der Waals surface area contributed by atoms with Gasteiger partial charge in [0.25, 0.3) is 0 Å². The Bertz CT molecular complexity index is 677. The van der Waals surface area contributed by atoms with E-state index in [9.17, 15) is 5.26 Å². The average Bonchev–Trinajstić information content (AvgIpc) is 2.49. The van der Waals surface area contributed by atoms with Crippen molar-refractivity contribution in [1.29, 1.82) is 5.26 Å². The van der Waals surface area contributed by atoms with E-state index in [1.54, 1.807) is 49.6 Å². The maximum atomic E-state index is 9.34. The van der Waals surface area contributed by atoms with Crippen molar-refractivity contribution in [2.75, 3.05) is 7.11 Å². The van der Waals surface area contributed by atoms with Gasteiger partial charge in [-0.1, -0.05) is 22.8 Å². The van der Waals surface area contributed by atoms with E-state index >= 15 is 0 Å². The first-order valence-electron chi connectivity index (χ1n) is 5.76. The number of hydrogen-bond acceptors (Lipinski definition) is 4. The van der Waals surface area contributed by atoms with Crippen molar-refractivity contribution < 1.29 is 9.94 Å². The van der Waals surface area contributed by atoms with E-state index in [1.807, 2.05) is 0 Å². The van der Waals surface area contributed by atoms with Crippen molar-refractivity contribution in [2.45, 2.75) is 0 Å². The normalized spacial score (nSPS) is 18.4. The molecule has 0 heterocycles. The summed E-state index contributed by atoms with van der Waals surface area (Å²) in [5, 5.41) is 21.4. The molecule has 1 aromatic carbocycles. The van der Waals surface area contributed by atoms with Crippen molar-refractivity contribution in [3.8, 4) is 11.8 Å². The van der Waals surface area contributed by atoms with Gasteiger partial charge in [0, 0.05) is 0 Å². The van der Waals surface area contributed by atoms with Crippen LogP contribution in [0, 0.1) is 11.3 Å². The van der Waals surface area contributed by atoms with Gasteiger partial charge in [0.2, 0.25) is 0 Å². The number of allylic oxidation sites excluding steroid dienone is 6. The monoisotopic (exact) mass is 286 g/mol. The van der Waals surface area contributed by atoms with Gasteiger partial charge < -0.3 is 9.94 Å². The molecule has 0 aromatic heterocycles. The second-order valence-corrected chi connectivity index (χ2v) is 4.39. The molecule has 5 heteroatoms. The van der Waals surface area contributed by atoms with Crippen LogP contribution in [0.1, 0.15) is 5.56 Å². The fourth-order valence-electron chi connectivity index (χ4n) is 1.80. The SMILES string of the molecule is COc1ccc(C(C#N)=C2C=CC(=NO)C(Cl)=C2)cc1. The van der Waals surface area contributed by atoms with Crippen molar-refractivity contribution in [3.05, 3.63) is 58.7 Å². The summed E-state index contributed by atoms with van der Waals surface area (Å²) in [6, 6.07) is 9.33. The lowest BCUT2D eigenvalue weighted by Crippen LogP contribution is -2.00. The molecule has 1 aliphatic rings. The maximum absolute atomic E-state index is 9.34. The number of rotatable bonds is 2. The molecule has 0 saturated heterocycles. The number of halogens is 1. The summed E-state index contributed by atoms with van der Waals surface area (Å²) in [6.07, 6.45) is 4.83. The van der Waals surface area contributed by atoms with Crippen LogP contribution >= 0.6 is 11.6 Å². The van der Waals surface area contributed by atoms with Crippen LogP contribution in [0.3, 0.4) is 0 Å². The molecule has 1 N–H and O–H groups in total. The fourth-order valence-corrected chi connectivity index (χ4v) is 2.02. The topological polar surface area (TPSA) is 65.6 Å².